The van der Waals surface area contributed by atoms with Gasteiger partial charge < -0.3 is 15.4 Å². The van der Waals surface area contributed by atoms with Crippen LogP contribution in [0.5, 0.6) is 0 Å². The molecule has 0 spiro atoms. The van der Waals surface area contributed by atoms with Crippen molar-refractivity contribution in [3.8, 4) is 0 Å². The highest BCUT2D eigenvalue weighted by atomic mass is 32.1. The minimum absolute atomic E-state index is 0.118. The van der Waals surface area contributed by atoms with Crippen LogP contribution in [0.3, 0.4) is 0 Å². The molecule has 0 saturated heterocycles. The lowest BCUT2D eigenvalue weighted by atomic mass is 9.88. The van der Waals surface area contributed by atoms with Crippen LogP contribution < -0.4 is 10.6 Å². The number of fused-ring (bicyclic) bond motifs is 1. The van der Waals surface area contributed by atoms with E-state index in [0.717, 1.165) is 31.2 Å². The van der Waals surface area contributed by atoms with Crippen LogP contribution in [-0.4, -0.2) is 31.1 Å². The zero-order chi connectivity index (χ0) is 17.7. The molecular weight excluding hydrogens is 324 g/mol. The molecule has 1 aromatic heterocycles. The Morgan fingerprint density at radius 1 is 1.38 bits per heavy atom. The summed E-state index contributed by atoms with van der Waals surface area (Å²) < 4.78 is 5.22. The van der Waals surface area contributed by atoms with E-state index in [1.165, 1.54) is 16.2 Å². The highest BCUT2D eigenvalue weighted by Crippen LogP contribution is 2.40. The van der Waals surface area contributed by atoms with Crippen LogP contribution in [0.15, 0.2) is 0 Å². The summed E-state index contributed by atoms with van der Waals surface area (Å²) in [6.45, 7) is 8.72. The highest BCUT2D eigenvalue weighted by molar-refractivity contribution is 7.17. The zero-order valence-corrected chi connectivity index (χ0v) is 15.8. The fraction of sp³-hybridized carbons (Fsp3) is 0.667. The molecule has 5 nitrogen and oxygen atoms in total. The van der Waals surface area contributed by atoms with E-state index in [4.69, 9.17) is 4.74 Å². The Morgan fingerprint density at radius 3 is 2.79 bits per heavy atom. The van der Waals surface area contributed by atoms with Gasteiger partial charge in [-0.15, -0.1) is 11.3 Å². The van der Waals surface area contributed by atoms with Gasteiger partial charge in [-0.1, -0.05) is 13.8 Å². The van der Waals surface area contributed by atoms with Crippen molar-refractivity contribution in [1.29, 1.82) is 0 Å². The first-order valence-corrected chi connectivity index (χ1v) is 9.62. The number of carbonyl (C=O) groups is 2. The van der Waals surface area contributed by atoms with Gasteiger partial charge in [-0.05, 0) is 51.0 Å². The Bertz CT molecular complexity index is 597. The van der Waals surface area contributed by atoms with Crippen molar-refractivity contribution in [2.45, 2.75) is 59.4 Å². The summed E-state index contributed by atoms with van der Waals surface area (Å²) in [5.41, 5.74) is 1.64. The fourth-order valence-corrected chi connectivity index (χ4v) is 4.26. The molecule has 1 aromatic rings. The van der Waals surface area contributed by atoms with E-state index in [9.17, 15) is 9.59 Å². The lowest BCUT2D eigenvalue weighted by Crippen LogP contribution is -2.34. The van der Waals surface area contributed by atoms with Gasteiger partial charge in [-0.3, -0.25) is 4.79 Å². The fourth-order valence-electron chi connectivity index (χ4n) is 2.84. The number of nitrogens with one attached hydrogen (secondary N) is 2. The summed E-state index contributed by atoms with van der Waals surface area (Å²) in [5, 5.41) is 6.73. The third-order valence-corrected chi connectivity index (χ3v) is 5.64. The maximum absolute atomic E-state index is 12.4. The molecule has 1 heterocycles. The van der Waals surface area contributed by atoms with E-state index < -0.39 is 0 Å². The van der Waals surface area contributed by atoms with Gasteiger partial charge in [-0.25, -0.2) is 4.79 Å². The van der Waals surface area contributed by atoms with Crippen molar-refractivity contribution in [3.05, 3.63) is 16.0 Å². The average molecular weight is 353 g/mol. The number of carbonyl (C=O) groups excluding carboxylic acids is 2. The summed E-state index contributed by atoms with van der Waals surface area (Å²) in [5.74, 6) is 0.170. The minimum atomic E-state index is -0.324. The lowest BCUT2D eigenvalue weighted by Gasteiger charge is -2.18. The summed E-state index contributed by atoms with van der Waals surface area (Å²) >= 11 is 1.53. The highest BCUT2D eigenvalue weighted by Gasteiger charge is 2.29. The maximum atomic E-state index is 12.4. The molecule has 1 amide bonds. The van der Waals surface area contributed by atoms with Crippen molar-refractivity contribution in [2.24, 2.45) is 5.92 Å². The number of hydrogen-bond donors (Lipinski definition) is 2. The molecule has 2 rings (SSSR count). The molecule has 1 aliphatic rings. The smallest absolute Gasteiger partial charge is 0.341 e. The molecule has 0 radical (unpaired) electrons. The SMILES string of the molecule is CCOC(=O)c1c(NC(=O)CN[C@@H](C)CC)sc2c1CC[C@@H](C)C2. The minimum Gasteiger partial charge on any atom is -0.462 e. The molecule has 134 valence electrons. The predicted octanol–water partition coefficient (Wildman–Crippen LogP) is 3.38. The summed E-state index contributed by atoms with van der Waals surface area (Å²) in [6, 6.07) is 0.290. The average Bonchev–Trinajstić information content (AvgIpc) is 2.89. The van der Waals surface area contributed by atoms with E-state index >= 15 is 0 Å². The monoisotopic (exact) mass is 352 g/mol. The number of thiophene rings is 1. The van der Waals surface area contributed by atoms with Crippen molar-refractivity contribution in [2.75, 3.05) is 18.5 Å². The summed E-state index contributed by atoms with van der Waals surface area (Å²) in [7, 11) is 0. The molecular formula is C18H28N2O3S. The molecule has 24 heavy (non-hydrogen) atoms. The summed E-state index contributed by atoms with van der Waals surface area (Å²) in [4.78, 5) is 25.8. The van der Waals surface area contributed by atoms with Gasteiger partial charge in [0, 0.05) is 10.9 Å². The quantitative estimate of drug-likeness (QED) is 0.738. The first-order chi connectivity index (χ1) is 11.5. The second-order valence-corrected chi connectivity index (χ2v) is 7.62. The Labute approximate surface area is 148 Å². The molecule has 2 atom stereocenters. The molecule has 0 unspecified atom stereocenters. The van der Waals surface area contributed by atoms with E-state index in [1.807, 2.05) is 6.92 Å². The van der Waals surface area contributed by atoms with Gasteiger partial charge in [0.2, 0.25) is 5.91 Å². The Balaban J connectivity index is 2.18. The summed E-state index contributed by atoms with van der Waals surface area (Å²) in [6.07, 6.45) is 3.88. The first-order valence-electron chi connectivity index (χ1n) is 8.81. The van der Waals surface area contributed by atoms with Crippen LogP contribution >= 0.6 is 11.3 Å². The second-order valence-electron chi connectivity index (χ2n) is 6.51. The van der Waals surface area contributed by atoms with Crippen LogP contribution in [0.1, 0.15) is 61.3 Å². The maximum Gasteiger partial charge on any atom is 0.341 e. The van der Waals surface area contributed by atoms with Crippen LogP contribution in [0.4, 0.5) is 5.00 Å². The first kappa shape index (κ1) is 18.9. The Hall–Kier alpha value is -1.40. The molecule has 6 heteroatoms. The van der Waals surface area contributed by atoms with Gasteiger partial charge >= 0.3 is 5.97 Å². The van der Waals surface area contributed by atoms with E-state index in [2.05, 4.69) is 24.5 Å². The van der Waals surface area contributed by atoms with Gasteiger partial charge in [-0.2, -0.15) is 0 Å². The third-order valence-electron chi connectivity index (χ3n) is 4.47. The topological polar surface area (TPSA) is 67.4 Å². The van der Waals surface area contributed by atoms with E-state index in [1.54, 1.807) is 6.92 Å². The number of esters is 1. The number of amides is 1. The van der Waals surface area contributed by atoms with Gasteiger partial charge in [0.05, 0.1) is 18.7 Å². The molecule has 0 saturated carbocycles. The van der Waals surface area contributed by atoms with Crippen molar-refractivity contribution in [1.82, 2.24) is 5.32 Å². The molecule has 1 aliphatic carbocycles. The number of ether oxygens (including phenoxy) is 1. The van der Waals surface area contributed by atoms with Gasteiger partial charge in [0.25, 0.3) is 0 Å². The van der Waals surface area contributed by atoms with Crippen LogP contribution in [-0.2, 0) is 22.4 Å². The normalized spacial score (nSPS) is 17.9. The zero-order valence-electron chi connectivity index (χ0n) is 15.0. The number of hydrogen-bond acceptors (Lipinski definition) is 5. The molecule has 0 bridgehead atoms. The lowest BCUT2D eigenvalue weighted by molar-refractivity contribution is -0.115. The van der Waals surface area contributed by atoms with Gasteiger partial charge in [0.15, 0.2) is 0 Å². The standard InChI is InChI=1S/C18H28N2O3S/c1-5-12(4)19-10-15(21)20-17-16(18(22)23-6-2)13-8-7-11(3)9-14(13)24-17/h11-12,19H,5-10H2,1-4H3,(H,20,21)/t11-,12+/m1/s1. The largest absolute Gasteiger partial charge is 0.462 e. The van der Waals surface area contributed by atoms with Crippen molar-refractivity contribution < 1.29 is 14.3 Å². The number of anilines is 1. The van der Waals surface area contributed by atoms with Crippen molar-refractivity contribution in [3.63, 3.8) is 0 Å². The van der Waals surface area contributed by atoms with Crippen LogP contribution in [0, 0.1) is 5.92 Å². The number of rotatable bonds is 7. The molecule has 0 fully saturated rings. The molecule has 0 aliphatic heterocycles. The van der Waals surface area contributed by atoms with Crippen LogP contribution in [0.2, 0.25) is 0 Å². The van der Waals surface area contributed by atoms with E-state index in [-0.39, 0.29) is 24.5 Å². The Kier molecular flexibility index (Phi) is 6.80. The predicted molar refractivity (Wildman–Crippen MR) is 97.8 cm³/mol. The van der Waals surface area contributed by atoms with E-state index in [0.29, 0.717) is 23.1 Å². The Morgan fingerprint density at radius 2 is 2.12 bits per heavy atom. The van der Waals surface area contributed by atoms with Gasteiger partial charge in [0.1, 0.15) is 5.00 Å². The van der Waals surface area contributed by atoms with Crippen LogP contribution in [0.25, 0.3) is 0 Å². The molecule has 2 N–H and O–H groups in total. The van der Waals surface area contributed by atoms with Crippen molar-refractivity contribution >= 4 is 28.2 Å². The third kappa shape index (κ3) is 4.57. The molecule has 0 aromatic carbocycles. The second kappa shape index (κ2) is 8.62.